The first-order valence-electron chi connectivity index (χ1n) is 5.90. The number of rotatable bonds is 2. The van der Waals surface area contributed by atoms with Crippen LogP contribution in [0.15, 0.2) is 48.5 Å². The Hall–Kier alpha value is -2.46. The van der Waals surface area contributed by atoms with Gasteiger partial charge in [0.2, 0.25) is 0 Å². The predicted octanol–water partition coefficient (Wildman–Crippen LogP) is 1.98. The summed E-state index contributed by atoms with van der Waals surface area (Å²) in [4.78, 5) is 25.6. The fourth-order valence-electron chi connectivity index (χ4n) is 2.22. The van der Waals surface area contributed by atoms with Crippen LogP contribution in [0.4, 0.5) is 5.69 Å². The fraction of sp³-hybridized carbons (Fsp3) is 0.0667. The van der Waals surface area contributed by atoms with Gasteiger partial charge in [0.05, 0.1) is 23.4 Å². The van der Waals surface area contributed by atoms with E-state index in [1.54, 1.807) is 48.5 Å². The number of carbonyl (C=O) groups excluding carboxylic acids is 2. The topological polar surface area (TPSA) is 57.6 Å². The highest BCUT2D eigenvalue weighted by Gasteiger charge is 2.36. The van der Waals surface area contributed by atoms with Gasteiger partial charge >= 0.3 is 0 Å². The molecule has 3 rings (SSSR count). The Morgan fingerprint density at radius 1 is 0.895 bits per heavy atom. The maximum Gasteiger partial charge on any atom is 0.266 e. The van der Waals surface area contributed by atoms with Gasteiger partial charge < -0.3 is 5.11 Å². The molecular formula is C15H11NO3. The van der Waals surface area contributed by atoms with E-state index in [0.717, 1.165) is 4.90 Å². The number of aliphatic hydroxyl groups is 1. The zero-order valence-electron chi connectivity index (χ0n) is 10.0. The van der Waals surface area contributed by atoms with Gasteiger partial charge in [0.25, 0.3) is 11.8 Å². The second kappa shape index (κ2) is 4.33. The number of benzene rings is 2. The molecule has 0 saturated heterocycles. The van der Waals surface area contributed by atoms with Gasteiger partial charge in [-0.3, -0.25) is 9.59 Å². The molecule has 0 unspecified atom stereocenters. The van der Waals surface area contributed by atoms with Crippen molar-refractivity contribution in [3.05, 3.63) is 65.2 Å². The summed E-state index contributed by atoms with van der Waals surface area (Å²) >= 11 is 0. The second-order valence-corrected chi connectivity index (χ2v) is 4.32. The van der Waals surface area contributed by atoms with E-state index in [4.69, 9.17) is 5.11 Å². The van der Waals surface area contributed by atoms with Crippen molar-refractivity contribution in [3.63, 3.8) is 0 Å². The molecule has 0 atom stereocenters. The van der Waals surface area contributed by atoms with Crippen molar-refractivity contribution >= 4 is 17.5 Å². The van der Waals surface area contributed by atoms with E-state index in [2.05, 4.69) is 0 Å². The number of fused-ring (bicyclic) bond motifs is 1. The van der Waals surface area contributed by atoms with E-state index >= 15 is 0 Å². The number of carbonyl (C=O) groups is 2. The Morgan fingerprint density at radius 3 is 2.11 bits per heavy atom. The second-order valence-electron chi connectivity index (χ2n) is 4.32. The number of aliphatic hydroxyl groups excluding tert-OH is 1. The molecule has 1 N–H and O–H groups in total. The zero-order valence-corrected chi connectivity index (χ0v) is 10.0. The number of anilines is 1. The average molecular weight is 253 g/mol. The molecule has 0 spiro atoms. The van der Waals surface area contributed by atoms with Crippen molar-refractivity contribution in [1.29, 1.82) is 0 Å². The molecule has 1 aliphatic rings. The van der Waals surface area contributed by atoms with Crippen LogP contribution in [-0.2, 0) is 6.61 Å². The summed E-state index contributed by atoms with van der Waals surface area (Å²) in [6.45, 7) is -0.128. The molecule has 19 heavy (non-hydrogen) atoms. The highest BCUT2D eigenvalue weighted by Crippen LogP contribution is 2.28. The minimum Gasteiger partial charge on any atom is -0.392 e. The molecule has 0 aliphatic carbocycles. The van der Waals surface area contributed by atoms with Gasteiger partial charge in [-0.2, -0.15) is 0 Å². The molecular weight excluding hydrogens is 242 g/mol. The molecule has 1 heterocycles. The maximum absolute atomic E-state index is 12.2. The van der Waals surface area contributed by atoms with Crippen molar-refractivity contribution in [2.24, 2.45) is 0 Å². The molecule has 4 heteroatoms. The van der Waals surface area contributed by atoms with Gasteiger partial charge in [-0.15, -0.1) is 0 Å². The summed E-state index contributed by atoms with van der Waals surface area (Å²) in [7, 11) is 0. The first-order chi connectivity index (χ1) is 9.22. The third-order valence-electron chi connectivity index (χ3n) is 3.15. The van der Waals surface area contributed by atoms with Crippen molar-refractivity contribution in [2.75, 3.05) is 4.90 Å². The van der Waals surface area contributed by atoms with E-state index in [1.807, 2.05) is 0 Å². The fourth-order valence-corrected chi connectivity index (χ4v) is 2.22. The lowest BCUT2D eigenvalue weighted by molar-refractivity contribution is 0.0926. The number of nitrogens with zero attached hydrogens (tertiary/aromatic N) is 1. The Bertz CT molecular complexity index is 644. The highest BCUT2D eigenvalue weighted by molar-refractivity contribution is 6.34. The summed E-state index contributed by atoms with van der Waals surface area (Å²) < 4.78 is 0. The van der Waals surface area contributed by atoms with Gasteiger partial charge in [-0.25, -0.2) is 4.90 Å². The average Bonchev–Trinajstić information content (AvgIpc) is 2.72. The van der Waals surface area contributed by atoms with Gasteiger partial charge in [-0.05, 0) is 29.8 Å². The van der Waals surface area contributed by atoms with Crippen LogP contribution < -0.4 is 4.90 Å². The molecule has 4 nitrogen and oxygen atoms in total. The van der Waals surface area contributed by atoms with Crippen LogP contribution in [0, 0.1) is 0 Å². The van der Waals surface area contributed by atoms with Gasteiger partial charge in [0.15, 0.2) is 0 Å². The molecule has 94 valence electrons. The summed E-state index contributed by atoms with van der Waals surface area (Å²) in [5, 5.41) is 9.12. The Balaban J connectivity index is 2.08. The van der Waals surface area contributed by atoms with E-state index in [1.165, 1.54) is 0 Å². The normalized spacial score (nSPS) is 13.8. The summed E-state index contributed by atoms with van der Waals surface area (Å²) in [6.07, 6.45) is 0. The van der Waals surface area contributed by atoms with Crippen LogP contribution in [-0.4, -0.2) is 16.9 Å². The van der Waals surface area contributed by atoms with Crippen molar-refractivity contribution in [1.82, 2.24) is 0 Å². The predicted molar refractivity (Wildman–Crippen MR) is 69.9 cm³/mol. The quantitative estimate of drug-likeness (QED) is 0.832. The number of amides is 2. The lowest BCUT2D eigenvalue weighted by Crippen LogP contribution is -2.29. The largest absolute Gasteiger partial charge is 0.392 e. The molecule has 2 amide bonds. The lowest BCUT2D eigenvalue weighted by atomic mass is 10.1. The van der Waals surface area contributed by atoms with Gasteiger partial charge in [-0.1, -0.05) is 24.3 Å². The molecule has 1 aliphatic heterocycles. The van der Waals surface area contributed by atoms with Crippen molar-refractivity contribution in [3.8, 4) is 0 Å². The number of hydrogen-bond donors (Lipinski definition) is 1. The van der Waals surface area contributed by atoms with Crippen LogP contribution >= 0.6 is 0 Å². The molecule has 0 saturated carbocycles. The van der Waals surface area contributed by atoms with Crippen LogP contribution in [0.5, 0.6) is 0 Å². The summed E-state index contributed by atoms with van der Waals surface area (Å²) in [6, 6.07) is 13.5. The summed E-state index contributed by atoms with van der Waals surface area (Å²) in [5.41, 5.74) is 1.98. The van der Waals surface area contributed by atoms with Crippen molar-refractivity contribution < 1.29 is 14.7 Å². The third-order valence-corrected chi connectivity index (χ3v) is 3.15. The SMILES string of the molecule is O=C1c2ccccc2C(=O)N1c1cccc(CO)c1. The Morgan fingerprint density at radius 2 is 1.53 bits per heavy atom. The number of hydrogen-bond acceptors (Lipinski definition) is 3. The molecule has 2 aromatic carbocycles. The van der Waals surface area contributed by atoms with E-state index < -0.39 is 0 Å². The maximum atomic E-state index is 12.2. The minimum atomic E-state index is -0.323. The monoisotopic (exact) mass is 253 g/mol. The molecule has 0 aromatic heterocycles. The Kier molecular flexibility index (Phi) is 2.65. The first-order valence-corrected chi connectivity index (χ1v) is 5.90. The highest BCUT2D eigenvalue weighted by atomic mass is 16.3. The zero-order chi connectivity index (χ0) is 13.4. The standard InChI is InChI=1S/C15H11NO3/c17-9-10-4-3-5-11(8-10)16-14(18)12-6-1-2-7-13(12)15(16)19/h1-8,17H,9H2. The van der Waals surface area contributed by atoms with Crippen LogP contribution in [0.25, 0.3) is 0 Å². The minimum absolute atomic E-state index is 0.128. The van der Waals surface area contributed by atoms with Gasteiger partial charge in [0.1, 0.15) is 0 Å². The van der Waals surface area contributed by atoms with Crippen LogP contribution in [0.3, 0.4) is 0 Å². The molecule has 0 fully saturated rings. The molecule has 0 radical (unpaired) electrons. The van der Waals surface area contributed by atoms with Crippen molar-refractivity contribution in [2.45, 2.75) is 6.61 Å². The van der Waals surface area contributed by atoms with Crippen LogP contribution in [0.1, 0.15) is 26.3 Å². The molecule has 0 bridgehead atoms. The number of imide groups is 1. The first kappa shape index (κ1) is 11.6. The third kappa shape index (κ3) is 1.73. The Labute approximate surface area is 109 Å². The lowest BCUT2D eigenvalue weighted by Gasteiger charge is -2.14. The van der Waals surface area contributed by atoms with E-state index in [9.17, 15) is 9.59 Å². The smallest absolute Gasteiger partial charge is 0.266 e. The van der Waals surface area contributed by atoms with E-state index in [0.29, 0.717) is 22.4 Å². The molecule has 2 aromatic rings. The van der Waals surface area contributed by atoms with E-state index in [-0.39, 0.29) is 18.4 Å². The van der Waals surface area contributed by atoms with Gasteiger partial charge in [0, 0.05) is 0 Å². The summed E-state index contributed by atoms with van der Waals surface area (Å²) in [5.74, 6) is -0.647. The van der Waals surface area contributed by atoms with Crippen LogP contribution in [0.2, 0.25) is 0 Å².